The van der Waals surface area contributed by atoms with Crippen molar-refractivity contribution in [3.8, 4) is 11.8 Å². The standard InChI is InChI=1S/C27H27F3N8OS/c1-35(2)24-9-8-23-31-15-20(38(23)34-24)6-7-21-16-32-26(40-21)33-25(39)18-4-5-19(22(14-18)27(28,29)30)17-37-12-10-36(3)11-13-37/h4-5,8-9,14-16H,10-13,17H2,1-3H3,(H,32,33,39). The highest BCUT2D eigenvalue weighted by Gasteiger charge is 2.34. The first-order chi connectivity index (χ1) is 19.1. The zero-order valence-corrected chi connectivity index (χ0v) is 23.0. The third kappa shape index (κ3) is 6.25. The number of hydrogen-bond donors (Lipinski definition) is 1. The van der Waals surface area contributed by atoms with Gasteiger partial charge >= 0.3 is 6.18 Å². The van der Waals surface area contributed by atoms with Crippen LogP contribution in [0.5, 0.6) is 0 Å². The van der Waals surface area contributed by atoms with Gasteiger partial charge in [0.15, 0.2) is 10.8 Å². The number of alkyl halides is 3. The molecule has 1 aliphatic heterocycles. The van der Waals surface area contributed by atoms with Crippen LogP contribution in [0.4, 0.5) is 24.1 Å². The summed E-state index contributed by atoms with van der Waals surface area (Å²) >= 11 is 1.12. The number of benzene rings is 1. The van der Waals surface area contributed by atoms with Gasteiger partial charge in [-0.25, -0.2) is 14.5 Å². The minimum atomic E-state index is -4.58. The molecule has 0 radical (unpaired) electrons. The van der Waals surface area contributed by atoms with E-state index in [4.69, 9.17) is 0 Å². The summed E-state index contributed by atoms with van der Waals surface area (Å²) < 4.78 is 43.3. The molecule has 208 valence electrons. The zero-order chi connectivity index (χ0) is 28.4. The number of aromatic nitrogens is 4. The predicted molar refractivity (Wildman–Crippen MR) is 148 cm³/mol. The molecule has 1 saturated heterocycles. The van der Waals surface area contributed by atoms with Crippen molar-refractivity contribution >= 4 is 33.8 Å². The van der Waals surface area contributed by atoms with Crippen LogP contribution in [-0.2, 0) is 12.7 Å². The molecule has 1 fully saturated rings. The maximum Gasteiger partial charge on any atom is 0.416 e. The van der Waals surface area contributed by atoms with Crippen LogP contribution in [0.1, 0.15) is 32.1 Å². The predicted octanol–water partition coefficient (Wildman–Crippen LogP) is 3.67. The Bertz CT molecular complexity index is 1590. The second-order valence-corrected chi connectivity index (χ2v) is 10.7. The molecule has 0 saturated carbocycles. The van der Waals surface area contributed by atoms with Gasteiger partial charge in [-0.3, -0.25) is 15.0 Å². The molecule has 13 heteroatoms. The van der Waals surface area contributed by atoms with Gasteiger partial charge in [0.1, 0.15) is 11.5 Å². The van der Waals surface area contributed by atoms with Crippen molar-refractivity contribution in [2.75, 3.05) is 57.5 Å². The summed E-state index contributed by atoms with van der Waals surface area (Å²) in [5.74, 6) is 6.07. The highest BCUT2D eigenvalue weighted by atomic mass is 32.1. The number of amides is 1. The lowest BCUT2D eigenvalue weighted by Crippen LogP contribution is -2.44. The SMILES string of the molecule is CN1CCN(Cc2ccc(C(=O)Nc3ncc(C#Cc4cnc5ccc(N(C)C)nn45)s3)cc2C(F)(F)F)CC1. The zero-order valence-electron chi connectivity index (χ0n) is 22.2. The minimum Gasteiger partial charge on any atom is -0.361 e. The number of carbonyl (C=O) groups is 1. The van der Waals surface area contributed by atoms with Crippen molar-refractivity contribution in [3.05, 3.63) is 70.0 Å². The molecule has 4 heterocycles. The molecule has 1 aromatic carbocycles. The van der Waals surface area contributed by atoms with E-state index in [1.807, 2.05) is 43.1 Å². The van der Waals surface area contributed by atoms with E-state index >= 15 is 0 Å². The molecule has 5 rings (SSSR count). The number of thiazole rings is 1. The molecule has 1 amide bonds. The Morgan fingerprint density at radius 1 is 1.07 bits per heavy atom. The number of carbonyl (C=O) groups excluding carboxylic acids is 1. The first kappa shape index (κ1) is 27.6. The van der Waals surface area contributed by atoms with E-state index in [9.17, 15) is 18.0 Å². The van der Waals surface area contributed by atoms with Crippen LogP contribution < -0.4 is 10.2 Å². The van der Waals surface area contributed by atoms with E-state index in [-0.39, 0.29) is 22.8 Å². The maximum atomic E-state index is 13.9. The van der Waals surface area contributed by atoms with Crippen LogP contribution in [0, 0.1) is 11.8 Å². The summed E-state index contributed by atoms with van der Waals surface area (Å²) in [4.78, 5) is 27.9. The van der Waals surface area contributed by atoms with E-state index in [0.29, 0.717) is 29.3 Å². The second-order valence-electron chi connectivity index (χ2n) is 9.68. The van der Waals surface area contributed by atoms with Crippen molar-refractivity contribution in [1.82, 2.24) is 29.4 Å². The number of hydrogen-bond acceptors (Lipinski definition) is 8. The Hall–Kier alpha value is -3.99. The van der Waals surface area contributed by atoms with Crippen LogP contribution >= 0.6 is 11.3 Å². The molecule has 4 aromatic rings. The second kappa shape index (κ2) is 11.2. The van der Waals surface area contributed by atoms with E-state index in [0.717, 1.165) is 36.3 Å². The summed E-state index contributed by atoms with van der Waals surface area (Å²) in [7, 11) is 5.76. The lowest BCUT2D eigenvalue weighted by atomic mass is 10.0. The van der Waals surface area contributed by atoms with Crippen LogP contribution in [0.15, 0.2) is 42.7 Å². The summed E-state index contributed by atoms with van der Waals surface area (Å²) in [6, 6.07) is 7.42. The molecule has 0 unspecified atom stereocenters. The number of fused-ring (bicyclic) bond motifs is 1. The summed E-state index contributed by atoms with van der Waals surface area (Å²) in [5, 5.41) is 7.33. The highest BCUT2D eigenvalue weighted by molar-refractivity contribution is 7.16. The Balaban J connectivity index is 1.30. The summed E-state index contributed by atoms with van der Waals surface area (Å²) in [6.45, 7) is 3.16. The van der Waals surface area contributed by atoms with Crippen LogP contribution in [-0.4, -0.2) is 82.6 Å². The van der Waals surface area contributed by atoms with Crippen LogP contribution in [0.3, 0.4) is 0 Å². The van der Waals surface area contributed by atoms with Crippen molar-refractivity contribution in [1.29, 1.82) is 0 Å². The van der Waals surface area contributed by atoms with Crippen molar-refractivity contribution in [2.24, 2.45) is 0 Å². The molecule has 1 N–H and O–H groups in total. The molecular formula is C27H27F3N8OS. The van der Waals surface area contributed by atoms with Gasteiger partial charge in [-0.05, 0) is 48.7 Å². The summed E-state index contributed by atoms with van der Waals surface area (Å²) in [6.07, 6.45) is -1.47. The number of anilines is 2. The average Bonchev–Trinajstić information content (AvgIpc) is 3.54. The largest absolute Gasteiger partial charge is 0.416 e. The molecule has 9 nitrogen and oxygen atoms in total. The monoisotopic (exact) mass is 568 g/mol. The van der Waals surface area contributed by atoms with E-state index in [2.05, 4.69) is 37.1 Å². The third-order valence-corrected chi connectivity index (χ3v) is 7.34. The van der Waals surface area contributed by atoms with Gasteiger partial charge in [-0.15, -0.1) is 5.10 Å². The van der Waals surface area contributed by atoms with E-state index in [1.54, 1.807) is 10.7 Å². The normalized spacial score (nSPS) is 14.7. The number of halogens is 3. The number of nitrogens with zero attached hydrogens (tertiary/aromatic N) is 7. The molecule has 0 spiro atoms. The molecule has 3 aromatic heterocycles. The molecule has 0 aliphatic carbocycles. The maximum absolute atomic E-state index is 13.9. The molecule has 0 bridgehead atoms. The lowest BCUT2D eigenvalue weighted by molar-refractivity contribution is -0.138. The van der Waals surface area contributed by atoms with Crippen LogP contribution in [0.25, 0.3) is 5.65 Å². The van der Waals surface area contributed by atoms with Crippen molar-refractivity contribution < 1.29 is 18.0 Å². The first-order valence-corrected chi connectivity index (χ1v) is 13.3. The minimum absolute atomic E-state index is 0.0919. The third-order valence-electron chi connectivity index (χ3n) is 6.51. The quantitative estimate of drug-likeness (QED) is 0.368. The number of rotatable bonds is 5. The summed E-state index contributed by atoms with van der Waals surface area (Å²) in [5.41, 5.74) is 0.489. The van der Waals surface area contributed by atoms with Crippen molar-refractivity contribution in [3.63, 3.8) is 0 Å². The Morgan fingerprint density at radius 3 is 2.58 bits per heavy atom. The highest BCUT2D eigenvalue weighted by Crippen LogP contribution is 2.34. The fourth-order valence-corrected chi connectivity index (χ4v) is 4.90. The van der Waals surface area contributed by atoms with Crippen molar-refractivity contribution in [2.45, 2.75) is 12.7 Å². The average molecular weight is 569 g/mol. The smallest absolute Gasteiger partial charge is 0.361 e. The first-order valence-electron chi connectivity index (χ1n) is 12.5. The Labute approximate surface area is 233 Å². The lowest BCUT2D eigenvalue weighted by Gasteiger charge is -2.33. The van der Waals surface area contributed by atoms with E-state index in [1.165, 1.54) is 18.3 Å². The number of likely N-dealkylation sites (N-methyl/N-ethyl adjacent to an activating group) is 1. The number of imidazole rings is 1. The molecule has 40 heavy (non-hydrogen) atoms. The van der Waals surface area contributed by atoms with Gasteiger partial charge < -0.3 is 9.80 Å². The van der Waals surface area contributed by atoms with Crippen LogP contribution in [0.2, 0.25) is 0 Å². The van der Waals surface area contributed by atoms with Gasteiger partial charge in [-0.2, -0.15) is 13.2 Å². The van der Waals surface area contributed by atoms with Gasteiger partial charge in [0.25, 0.3) is 5.91 Å². The Kier molecular flexibility index (Phi) is 7.75. The van der Waals surface area contributed by atoms with Gasteiger partial charge in [0, 0.05) is 52.4 Å². The van der Waals surface area contributed by atoms with Gasteiger partial charge in [0.2, 0.25) is 0 Å². The fraction of sp³-hybridized carbons (Fsp3) is 0.333. The fourth-order valence-electron chi connectivity index (χ4n) is 4.24. The number of piperazine rings is 1. The molecular weight excluding hydrogens is 541 g/mol. The van der Waals surface area contributed by atoms with Gasteiger partial charge in [0.05, 0.1) is 22.8 Å². The number of nitrogens with one attached hydrogen (secondary N) is 1. The molecule has 1 aliphatic rings. The van der Waals surface area contributed by atoms with Gasteiger partial charge in [-0.1, -0.05) is 17.4 Å². The Morgan fingerprint density at radius 2 is 1.85 bits per heavy atom. The van der Waals surface area contributed by atoms with E-state index < -0.39 is 17.6 Å². The molecule has 0 atom stereocenters. The topological polar surface area (TPSA) is 81.9 Å².